The molecular weight excluding hydrogens is 345 g/mol. The first-order valence-electron chi connectivity index (χ1n) is 6.90. The molecule has 0 saturated carbocycles. The third-order valence-electron chi connectivity index (χ3n) is 3.60. The maximum absolute atomic E-state index is 12.6. The van der Waals surface area contributed by atoms with E-state index in [4.69, 9.17) is 4.42 Å². The van der Waals surface area contributed by atoms with Crippen molar-refractivity contribution in [3.8, 4) is 11.5 Å². The maximum atomic E-state index is 12.6. The number of hydrogen-bond acceptors (Lipinski definition) is 4. The van der Waals surface area contributed by atoms with Crippen LogP contribution in [0.5, 0.6) is 0 Å². The number of aryl methyl sites for hydroxylation is 1. The summed E-state index contributed by atoms with van der Waals surface area (Å²) in [5.74, 6) is 0.449. The average Bonchev–Trinajstić information content (AvgIpc) is 3.14. The summed E-state index contributed by atoms with van der Waals surface area (Å²) < 4.78 is 20.9. The Kier molecular flexibility index (Phi) is 3.13. The van der Waals surface area contributed by atoms with Crippen molar-refractivity contribution in [2.24, 2.45) is 0 Å². The Bertz CT molecular complexity index is 858. The van der Waals surface area contributed by atoms with Gasteiger partial charge < -0.3 is 0 Å². The summed E-state index contributed by atoms with van der Waals surface area (Å²) in [4.78, 5) is 0. The zero-order valence-corrected chi connectivity index (χ0v) is 13.6. The van der Waals surface area contributed by atoms with Gasteiger partial charge in [0.2, 0.25) is 0 Å². The van der Waals surface area contributed by atoms with Crippen LogP contribution in [0.3, 0.4) is 0 Å². The molecule has 1 aliphatic rings. The molecule has 1 unspecified atom stereocenters. The summed E-state index contributed by atoms with van der Waals surface area (Å²) in [6.45, 7) is 2.58. The van der Waals surface area contributed by atoms with Gasteiger partial charge in [0.05, 0.1) is 0 Å². The Hall–Kier alpha value is -2.30. The molecule has 0 spiro atoms. The van der Waals surface area contributed by atoms with Crippen LogP contribution in [0.2, 0.25) is 0 Å². The van der Waals surface area contributed by atoms with Gasteiger partial charge in [-0.2, -0.15) is 0 Å². The molecule has 0 aliphatic carbocycles. The van der Waals surface area contributed by atoms with Crippen LogP contribution in [0.15, 0.2) is 52.9 Å². The molecule has 1 aromatic heterocycles. The quantitative estimate of drug-likeness (QED) is 0.658. The number of anilines is 1. The molecule has 0 N–H and O–H groups in total. The first-order chi connectivity index (χ1) is 10.7. The van der Waals surface area contributed by atoms with Crippen molar-refractivity contribution in [2.75, 3.05) is 3.92 Å². The molecule has 1 aliphatic heterocycles. The fourth-order valence-electron chi connectivity index (χ4n) is 2.40. The van der Waals surface area contributed by atoms with Gasteiger partial charge in [-0.15, -0.1) is 0 Å². The predicted octanol–water partition coefficient (Wildman–Crippen LogP) is 2.19. The third-order valence-corrected chi connectivity index (χ3v) is 6.66. The zero-order valence-electron chi connectivity index (χ0n) is 11.9. The summed E-state index contributed by atoms with van der Waals surface area (Å²) in [6.07, 6.45) is 0. The van der Waals surface area contributed by atoms with Crippen LogP contribution in [-0.4, -0.2) is 24.2 Å². The summed E-state index contributed by atoms with van der Waals surface area (Å²) >= 11 is -2.34. The van der Waals surface area contributed by atoms with Gasteiger partial charge >= 0.3 is 131 Å². The van der Waals surface area contributed by atoms with E-state index < -0.39 is 14.1 Å². The second-order valence-corrected chi connectivity index (χ2v) is 8.04. The van der Waals surface area contributed by atoms with Crippen LogP contribution < -0.4 is 8.38 Å². The number of fused-ring (bicyclic) bond motifs is 1. The Morgan fingerprint density at radius 1 is 1.09 bits per heavy atom. The second-order valence-electron chi connectivity index (χ2n) is 5.15. The van der Waals surface area contributed by atoms with Crippen LogP contribution in [-0.2, 0) is 10.4 Å². The van der Waals surface area contributed by atoms with E-state index in [1.165, 1.54) is 5.56 Å². The van der Waals surface area contributed by atoms with Crippen molar-refractivity contribution in [1.29, 1.82) is 0 Å². The fourth-order valence-corrected chi connectivity index (χ4v) is 5.05. The first-order valence-corrected chi connectivity index (χ1v) is 9.22. The van der Waals surface area contributed by atoms with Crippen LogP contribution in [0.1, 0.15) is 11.1 Å². The molecule has 0 bridgehead atoms. The summed E-state index contributed by atoms with van der Waals surface area (Å²) in [6, 6.07) is 15.9. The molecule has 0 amide bonds. The average molecular weight is 358 g/mol. The third kappa shape index (κ3) is 2.17. The minimum atomic E-state index is -2.34. The predicted molar refractivity (Wildman–Crippen MR) is 83.2 cm³/mol. The molecule has 0 radical (unpaired) electrons. The Morgan fingerprint density at radius 3 is 2.64 bits per heavy atom. The SMILES string of the molecule is Cc1ccc(-c2nnc(N3Cc4ccccc4[Se]3=O)o2)cc1. The molecule has 0 fully saturated rings. The van der Waals surface area contributed by atoms with Gasteiger partial charge in [-0.1, -0.05) is 0 Å². The summed E-state index contributed by atoms with van der Waals surface area (Å²) in [7, 11) is 0. The number of benzene rings is 2. The Labute approximate surface area is 131 Å². The van der Waals surface area contributed by atoms with Crippen LogP contribution >= 0.6 is 0 Å². The molecule has 0 saturated heterocycles. The van der Waals surface area contributed by atoms with Gasteiger partial charge in [-0.3, -0.25) is 0 Å². The van der Waals surface area contributed by atoms with Gasteiger partial charge in [0.1, 0.15) is 0 Å². The number of hydrogen-bond donors (Lipinski definition) is 0. The number of nitrogens with zero attached hydrogens (tertiary/aromatic N) is 3. The molecule has 22 heavy (non-hydrogen) atoms. The molecule has 3 aromatic rings. The van der Waals surface area contributed by atoms with E-state index in [1.807, 2.05) is 55.5 Å². The van der Waals surface area contributed by atoms with E-state index >= 15 is 0 Å². The Balaban J connectivity index is 1.66. The number of rotatable bonds is 2. The Morgan fingerprint density at radius 2 is 1.86 bits per heavy atom. The van der Waals surface area contributed by atoms with Crippen molar-refractivity contribution >= 4 is 24.5 Å². The van der Waals surface area contributed by atoms with E-state index in [0.29, 0.717) is 18.5 Å². The monoisotopic (exact) mass is 359 g/mol. The van der Waals surface area contributed by atoms with Gasteiger partial charge in [0.25, 0.3) is 0 Å². The standard InChI is InChI=1S/C16H13N3O2Se/c1-11-6-8-12(9-7-11)15-17-18-16(21-15)19-10-13-4-2-3-5-14(13)22(19)20/h2-9H,10H2,1H3. The summed E-state index contributed by atoms with van der Waals surface area (Å²) in [5, 5.41) is 8.15. The van der Waals surface area contributed by atoms with Crippen molar-refractivity contribution in [2.45, 2.75) is 13.5 Å². The normalized spacial score (nSPS) is 16.8. The molecule has 6 heteroatoms. The van der Waals surface area contributed by atoms with Crippen LogP contribution in [0.25, 0.3) is 11.5 Å². The van der Waals surface area contributed by atoms with Crippen molar-refractivity contribution < 1.29 is 8.25 Å². The van der Waals surface area contributed by atoms with Crippen LogP contribution in [0, 0.1) is 6.92 Å². The molecule has 1 atom stereocenters. The van der Waals surface area contributed by atoms with Crippen molar-refractivity contribution in [3.05, 3.63) is 59.7 Å². The minimum absolute atomic E-state index is 0.326. The first kappa shape index (κ1) is 13.4. The molecular formula is C16H13N3O2Se. The topological polar surface area (TPSA) is 59.2 Å². The summed E-state index contributed by atoms with van der Waals surface area (Å²) in [5.41, 5.74) is 3.10. The van der Waals surface area contributed by atoms with Gasteiger partial charge in [-0.25, -0.2) is 0 Å². The van der Waals surface area contributed by atoms with E-state index in [0.717, 1.165) is 15.6 Å². The molecule has 4 rings (SSSR count). The van der Waals surface area contributed by atoms with Crippen molar-refractivity contribution in [1.82, 2.24) is 10.2 Å². The van der Waals surface area contributed by atoms with Gasteiger partial charge in [0, 0.05) is 0 Å². The second kappa shape index (κ2) is 5.16. The van der Waals surface area contributed by atoms with E-state index in [-0.39, 0.29) is 0 Å². The molecule has 2 aromatic carbocycles. The van der Waals surface area contributed by atoms with E-state index in [1.54, 1.807) is 3.92 Å². The fraction of sp³-hybridized carbons (Fsp3) is 0.125. The van der Waals surface area contributed by atoms with Crippen LogP contribution in [0.4, 0.5) is 6.01 Å². The number of aromatic nitrogens is 2. The van der Waals surface area contributed by atoms with Crippen molar-refractivity contribution in [3.63, 3.8) is 0 Å². The van der Waals surface area contributed by atoms with E-state index in [9.17, 15) is 3.83 Å². The van der Waals surface area contributed by atoms with Gasteiger partial charge in [-0.05, 0) is 0 Å². The van der Waals surface area contributed by atoms with Gasteiger partial charge in [0.15, 0.2) is 0 Å². The molecule has 2 heterocycles. The molecule has 110 valence electrons. The van der Waals surface area contributed by atoms with E-state index in [2.05, 4.69) is 10.2 Å². The molecule has 5 nitrogen and oxygen atoms in total. The zero-order chi connectivity index (χ0) is 15.1.